The van der Waals surface area contributed by atoms with Crippen molar-refractivity contribution >= 4 is 28.8 Å². The maximum absolute atomic E-state index is 12.0. The number of benzene rings is 1. The topological polar surface area (TPSA) is 62.2 Å². The van der Waals surface area contributed by atoms with E-state index in [2.05, 4.69) is 10.3 Å². The molecule has 2 rings (SSSR count). The lowest BCUT2D eigenvalue weighted by atomic mass is 10.1. The number of carbonyl (C=O) groups is 1. The van der Waals surface area contributed by atoms with E-state index in [0.717, 1.165) is 11.1 Å². The van der Waals surface area contributed by atoms with Gasteiger partial charge in [0, 0.05) is 11.6 Å². The Labute approximate surface area is 126 Å². The van der Waals surface area contributed by atoms with Crippen LogP contribution in [0.2, 0.25) is 5.02 Å². The average molecular weight is 311 g/mol. The van der Waals surface area contributed by atoms with Gasteiger partial charge >= 0.3 is 0 Å². The fourth-order valence-electron chi connectivity index (χ4n) is 1.68. The molecule has 1 aromatic carbocycles. The summed E-state index contributed by atoms with van der Waals surface area (Å²) in [6.07, 6.45) is 0.823. The smallest absolute Gasteiger partial charge is 0.263 e. The van der Waals surface area contributed by atoms with Crippen LogP contribution in [0.25, 0.3) is 0 Å². The first-order valence-corrected chi connectivity index (χ1v) is 7.34. The van der Waals surface area contributed by atoms with E-state index in [4.69, 9.17) is 11.6 Å². The molecule has 0 saturated heterocycles. The zero-order valence-electron chi connectivity index (χ0n) is 11.2. The second-order valence-corrected chi connectivity index (χ2v) is 5.99. The first-order valence-electron chi connectivity index (χ1n) is 6.14. The fourth-order valence-corrected chi connectivity index (χ4v) is 2.65. The summed E-state index contributed by atoms with van der Waals surface area (Å²) in [5.41, 5.74) is 2.05. The van der Waals surface area contributed by atoms with Crippen molar-refractivity contribution in [1.82, 2.24) is 10.3 Å². The van der Waals surface area contributed by atoms with Gasteiger partial charge in [-0.25, -0.2) is 4.98 Å². The van der Waals surface area contributed by atoms with Crippen LogP contribution in [0.15, 0.2) is 24.4 Å². The predicted molar refractivity (Wildman–Crippen MR) is 80.1 cm³/mol. The Bertz CT molecular complexity index is 625. The number of carbonyl (C=O) groups excluding carboxylic acids is 1. The van der Waals surface area contributed by atoms with E-state index >= 15 is 0 Å². The Morgan fingerprint density at radius 3 is 2.95 bits per heavy atom. The van der Waals surface area contributed by atoms with Crippen molar-refractivity contribution in [1.29, 1.82) is 0 Å². The quantitative estimate of drug-likeness (QED) is 0.912. The monoisotopic (exact) mass is 310 g/mol. The van der Waals surface area contributed by atoms with Gasteiger partial charge in [0.15, 0.2) is 0 Å². The molecular weight excluding hydrogens is 296 g/mol. The summed E-state index contributed by atoms with van der Waals surface area (Å²) in [6, 6.07) is 5.58. The molecule has 1 atom stereocenters. The standard InChI is InChI=1S/C14H15ClN2O2S/c1-8-3-4-11(15)5-10(8)6-16-13(19)12-7-17-14(20-12)9(2)18/h3-5,7,9,18H,6H2,1-2H3,(H,16,19). The van der Waals surface area contributed by atoms with Crippen molar-refractivity contribution in [3.8, 4) is 0 Å². The van der Waals surface area contributed by atoms with E-state index in [9.17, 15) is 9.90 Å². The number of hydrogen-bond donors (Lipinski definition) is 2. The van der Waals surface area contributed by atoms with Crippen LogP contribution in [0.3, 0.4) is 0 Å². The number of amides is 1. The SMILES string of the molecule is Cc1ccc(Cl)cc1CNC(=O)c1cnc(C(C)O)s1. The Morgan fingerprint density at radius 1 is 1.55 bits per heavy atom. The van der Waals surface area contributed by atoms with Crippen LogP contribution in [0, 0.1) is 6.92 Å². The molecule has 0 aliphatic rings. The molecule has 2 N–H and O–H groups in total. The molecule has 6 heteroatoms. The van der Waals surface area contributed by atoms with Gasteiger partial charge in [0.2, 0.25) is 0 Å². The normalized spacial score (nSPS) is 12.2. The summed E-state index contributed by atoms with van der Waals surface area (Å²) >= 11 is 7.13. The highest BCUT2D eigenvalue weighted by atomic mass is 35.5. The van der Waals surface area contributed by atoms with Crippen LogP contribution in [0.1, 0.15) is 38.8 Å². The summed E-state index contributed by atoms with van der Waals surface area (Å²) < 4.78 is 0. The first-order chi connectivity index (χ1) is 9.47. The van der Waals surface area contributed by atoms with E-state index in [1.54, 1.807) is 6.92 Å². The lowest BCUT2D eigenvalue weighted by Gasteiger charge is -2.07. The van der Waals surface area contributed by atoms with Gasteiger partial charge in [-0.05, 0) is 37.1 Å². The summed E-state index contributed by atoms with van der Waals surface area (Å²) in [4.78, 5) is 16.5. The third-order valence-corrected chi connectivity index (χ3v) is 4.26. The zero-order chi connectivity index (χ0) is 14.7. The van der Waals surface area contributed by atoms with E-state index in [1.807, 2.05) is 25.1 Å². The molecule has 4 nitrogen and oxygen atoms in total. The number of rotatable bonds is 4. The van der Waals surface area contributed by atoms with Gasteiger partial charge in [-0.15, -0.1) is 11.3 Å². The Morgan fingerprint density at radius 2 is 2.30 bits per heavy atom. The number of nitrogens with zero attached hydrogens (tertiary/aromatic N) is 1. The highest BCUT2D eigenvalue weighted by Gasteiger charge is 2.13. The van der Waals surface area contributed by atoms with E-state index in [-0.39, 0.29) is 5.91 Å². The summed E-state index contributed by atoms with van der Waals surface area (Å²) in [5, 5.41) is 13.4. The highest BCUT2D eigenvalue weighted by Crippen LogP contribution is 2.20. The number of aryl methyl sites for hydroxylation is 1. The third kappa shape index (κ3) is 3.56. The second kappa shape index (κ2) is 6.35. The lowest BCUT2D eigenvalue weighted by molar-refractivity contribution is 0.0954. The molecule has 20 heavy (non-hydrogen) atoms. The maximum Gasteiger partial charge on any atom is 0.263 e. The van der Waals surface area contributed by atoms with Crippen molar-refractivity contribution in [3.63, 3.8) is 0 Å². The van der Waals surface area contributed by atoms with Crippen LogP contribution in [0.4, 0.5) is 0 Å². The van der Waals surface area contributed by atoms with Crippen molar-refractivity contribution in [2.75, 3.05) is 0 Å². The van der Waals surface area contributed by atoms with Crippen molar-refractivity contribution in [2.24, 2.45) is 0 Å². The minimum absolute atomic E-state index is 0.200. The number of aliphatic hydroxyl groups is 1. The lowest BCUT2D eigenvalue weighted by Crippen LogP contribution is -2.22. The maximum atomic E-state index is 12.0. The molecule has 1 amide bonds. The molecule has 0 fully saturated rings. The molecule has 2 aromatic rings. The molecule has 1 unspecified atom stereocenters. The minimum Gasteiger partial charge on any atom is -0.386 e. The molecule has 0 spiro atoms. The van der Waals surface area contributed by atoms with Crippen LogP contribution < -0.4 is 5.32 Å². The Hall–Kier alpha value is -1.43. The molecule has 0 radical (unpaired) electrons. The molecule has 1 heterocycles. The first kappa shape index (κ1) is 15.0. The molecule has 0 aliphatic heterocycles. The Kier molecular flexibility index (Phi) is 4.75. The van der Waals surface area contributed by atoms with E-state index in [0.29, 0.717) is 21.5 Å². The van der Waals surface area contributed by atoms with Crippen LogP contribution >= 0.6 is 22.9 Å². The third-order valence-electron chi connectivity index (χ3n) is 2.86. The summed E-state index contributed by atoms with van der Waals surface area (Å²) in [5.74, 6) is -0.200. The molecule has 0 bridgehead atoms. The van der Waals surface area contributed by atoms with Crippen molar-refractivity contribution in [2.45, 2.75) is 26.5 Å². The molecular formula is C14H15ClN2O2S. The van der Waals surface area contributed by atoms with Crippen LogP contribution in [-0.2, 0) is 6.54 Å². The molecule has 0 saturated carbocycles. The largest absolute Gasteiger partial charge is 0.386 e. The van der Waals surface area contributed by atoms with E-state index < -0.39 is 6.10 Å². The number of aromatic nitrogens is 1. The van der Waals surface area contributed by atoms with E-state index in [1.165, 1.54) is 17.5 Å². The van der Waals surface area contributed by atoms with Crippen LogP contribution in [-0.4, -0.2) is 16.0 Å². The summed E-state index contributed by atoms with van der Waals surface area (Å²) in [6.45, 7) is 4.00. The van der Waals surface area contributed by atoms with Gasteiger partial charge in [0.25, 0.3) is 5.91 Å². The molecule has 0 aliphatic carbocycles. The second-order valence-electron chi connectivity index (χ2n) is 4.49. The highest BCUT2D eigenvalue weighted by molar-refractivity contribution is 7.13. The molecule has 106 valence electrons. The van der Waals surface area contributed by atoms with Gasteiger partial charge in [-0.2, -0.15) is 0 Å². The van der Waals surface area contributed by atoms with Crippen molar-refractivity contribution in [3.05, 3.63) is 50.4 Å². The summed E-state index contributed by atoms with van der Waals surface area (Å²) in [7, 11) is 0. The number of aliphatic hydroxyl groups excluding tert-OH is 1. The average Bonchev–Trinajstić information content (AvgIpc) is 2.89. The Balaban J connectivity index is 2.02. The number of hydrogen-bond acceptors (Lipinski definition) is 4. The van der Waals surface area contributed by atoms with Crippen molar-refractivity contribution < 1.29 is 9.90 Å². The minimum atomic E-state index is -0.656. The van der Waals surface area contributed by atoms with Gasteiger partial charge in [0.1, 0.15) is 16.0 Å². The predicted octanol–water partition coefficient (Wildman–Crippen LogP) is 3.09. The van der Waals surface area contributed by atoms with Gasteiger partial charge in [-0.3, -0.25) is 4.79 Å². The number of halogens is 1. The number of nitrogens with one attached hydrogen (secondary N) is 1. The van der Waals surface area contributed by atoms with Crippen LogP contribution in [0.5, 0.6) is 0 Å². The zero-order valence-corrected chi connectivity index (χ0v) is 12.8. The van der Waals surface area contributed by atoms with Gasteiger partial charge in [0.05, 0.1) is 6.20 Å². The fraction of sp³-hybridized carbons (Fsp3) is 0.286. The number of thiazole rings is 1. The molecule has 1 aromatic heterocycles. The van der Waals surface area contributed by atoms with Gasteiger partial charge in [-0.1, -0.05) is 17.7 Å². The van der Waals surface area contributed by atoms with Gasteiger partial charge < -0.3 is 10.4 Å².